The maximum atomic E-state index is 12.6. The average molecular weight is 396 g/mol. The molecule has 140 valence electrons. The van der Waals surface area contributed by atoms with E-state index in [1.165, 1.54) is 27.7 Å². The lowest BCUT2D eigenvalue weighted by Crippen LogP contribution is -2.25. The third kappa shape index (κ3) is 3.56. The summed E-state index contributed by atoms with van der Waals surface area (Å²) in [7, 11) is 0. The molecule has 2 heterocycles. The van der Waals surface area contributed by atoms with Gasteiger partial charge in [-0.25, -0.2) is 9.89 Å². The van der Waals surface area contributed by atoms with Crippen molar-refractivity contribution >= 4 is 39.9 Å². The zero-order chi connectivity index (χ0) is 18.8. The van der Waals surface area contributed by atoms with Crippen LogP contribution < -0.4 is 16.7 Å². The van der Waals surface area contributed by atoms with Crippen LogP contribution in [-0.2, 0) is 24.2 Å². The summed E-state index contributed by atoms with van der Waals surface area (Å²) in [4.78, 5) is 37.3. The van der Waals surface area contributed by atoms with E-state index in [-0.39, 0.29) is 11.6 Å². The number of nitrogens with one attached hydrogen (secondary N) is 2. The van der Waals surface area contributed by atoms with Gasteiger partial charge in [0.2, 0.25) is 5.91 Å². The number of aromatic nitrogens is 3. The number of aromatic amines is 1. The van der Waals surface area contributed by atoms with Crippen molar-refractivity contribution < 1.29 is 9.59 Å². The second-order valence-corrected chi connectivity index (χ2v) is 8.55. The highest BCUT2D eigenvalue weighted by molar-refractivity contribution is 8.00. The van der Waals surface area contributed by atoms with Crippen molar-refractivity contribution in [3.63, 3.8) is 0 Å². The van der Waals surface area contributed by atoms with E-state index < -0.39 is 11.2 Å². The molecule has 2 aromatic rings. The van der Waals surface area contributed by atoms with E-state index in [1.54, 1.807) is 6.92 Å². The van der Waals surface area contributed by atoms with Crippen molar-refractivity contribution in [2.45, 2.75) is 56.5 Å². The molecule has 4 N–H and O–H groups in total. The fourth-order valence-corrected chi connectivity index (χ4v) is 5.17. The molecule has 0 aliphatic heterocycles. The molecular weight excluding hydrogens is 374 g/mol. The van der Waals surface area contributed by atoms with Gasteiger partial charge in [0.25, 0.3) is 5.91 Å². The van der Waals surface area contributed by atoms with Crippen molar-refractivity contribution in [1.29, 1.82) is 0 Å². The maximum absolute atomic E-state index is 12.6. The van der Waals surface area contributed by atoms with Gasteiger partial charge in [0.15, 0.2) is 5.16 Å². The lowest BCUT2D eigenvalue weighted by Gasteiger charge is -2.12. The van der Waals surface area contributed by atoms with Gasteiger partial charge in [-0.15, -0.1) is 16.4 Å². The molecule has 0 saturated heterocycles. The Bertz CT molecular complexity index is 898. The Hall–Kier alpha value is -2.07. The number of carbonyl (C=O) groups is 2. The lowest BCUT2D eigenvalue weighted by molar-refractivity contribution is -0.115. The molecule has 8 nitrogen and oxygen atoms in total. The number of nitrogens with two attached hydrogens (primary N) is 1. The average Bonchev–Trinajstić information content (AvgIpc) is 3.24. The predicted octanol–water partition coefficient (Wildman–Crippen LogP) is 1.75. The summed E-state index contributed by atoms with van der Waals surface area (Å²) in [6.45, 7) is 4.24. The first-order valence-electron chi connectivity index (χ1n) is 8.49. The van der Waals surface area contributed by atoms with Crippen molar-refractivity contribution in [3.8, 4) is 0 Å². The SMILES string of the molecule is CCCn1c(S[C@@H](C)C(=O)Nc2sc3c(c2C(N)=O)CCC3)n[nH]c1=O. The fraction of sp³-hybridized carbons (Fsp3) is 0.500. The van der Waals surface area contributed by atoms with Crippen LogP contribution in [0.1, 0.15) is 47.5 Å². The van der Waals surface area contributed by atoms with Gasteiger partial charge in [0.05, 0.1) is 10.8 Å². The number of carbonyl (C=O) groups excluding carboxylic acids is 2. The first-order valence-corrected chi connectivity index (χ1v) is 10.2. The molecule has 0 spiro atoms. The van der Waals surface area contributed by atoms with Crippen LogP contribution in [0.4, 0.5) is 5.00 Å². The molecule has 0 bridgehead atoms. The number of H-pyrrole nitrogens is 1. The molecule has 2 amide bonds. The van der Waals surface area contributed by atoms with Crippen LogP contribution in [0.25, 0.3) is 0 Å². The van der Waals surface area contributed by atoms with Crippen molar-refractivity contribution in [1.82, 2.24) is 14.8 Å². The summed E-state index contributed by atoms with van der Waals surface area (Å²) in [5, 5.41) is 9.74. The van der Waals surface area contributed by atoms with E-state index in [1.807, 2.05) is 6.92 Å². The van der Waals surface area contributed by atoms with E-state index in [0.717, 1.165) is 36.1 Å². The Morgan fingerprint density at radius 1 is 1.46 bits per heavy atom. The summed E-state index contributed by atoms with van der Waals surface area (Å²) < 4.78 is 1.52. The molecule has 0 aromatic carbocycles. The van der Waals surface area contributed by atoms with E-state index in [4.69, 9.17) is 5.73 Å². The number of primary amides is 1. The number of rotatable bonds is 7. The summed E-state index contributed by atoms with van der Waals surface area (Å²) in [6, 6.07) is 0. The largest absolute Gasteiger partial charge is 0.365 e. The molecule has 3 rings (SSSR count). The number of thioether (sulfide) groups is 1. The molecule has 1 aliphatic rings. The number of amides is 2. The topological polar surface area (TPSA) is 123 Å². The minimum atomic E-state index is -0.510. The van der Waals surface area contributed by atoms with Crippen LogP contribution in [0.3, 0.4) is 0 Å². The molecule has 10 heteroatoms. The van der Waals surface area contributed by atoms with E-state index in [0.29, 0.717) is 22.3 Å². The van der Waals surface area contributed by atoms with E-state index >= 15 is 0 Å². The molecular formula is C16H21N5O3S2. The van der Waals surface area contributed by atoms with Crippen molar-refractivity contribution in [2.24, 2.45) is 5.73 Å². The van der Waals surface area contributed by atoms with Gasteiger partial charge in [0, 0.05) is 11.4 Å². The van der Waals surface area contributed by atoms with Gasteiger partial charge in [-0.05, 0) is 38.2 Å². The highest BCUT2D eigenvalue weighted by atomic mass is 32.2. The Balaban J connectivity index is 1.75. The number of anilines is 1. The quantitative estimate of drug-likeness (QED) is 0.616. The van der Waals surface area contributed by atoms with Crippen LogP contribution in [0, 0.1) is 0 Å². The third-order valence-electron chi connectivity index (χ3n) is 4.23. The molecule has 0 unspecified atom stereocenters. The highest BCUT2D eigenvalue weighted by Crippen LogP contribution is 2.39. The number of aryl methyl sites for hydroxylation is 1. The monoisotopic (exact) mass is 395 g/mol. The van der Waals surface area contributed by atoms with E-state index in [9.17, 15) is 14.4 Å². The molecule has 1 atom stereocenters. The van der Waals surface area contributed by atoms with Crippen molar-refractivity contribution in [3.05, 3.63) is 26.5 Å². The Morgan fingerprint density at radius 3 is 2.92 bits per heavy atom. The van der Waals surface area contributed by atoms with Crippen molar-refractivity contribution in [2.75, 3.05) is 5.32 Å². The Morgan fingerprint density at radius 2 is 2.23 bits per heavy atom. The predicted molar refractivity (Wildman–Crippen MR) is 102 cm³/mol. The Kier molecular flexibility index (Phi) is 5.52. The van der Waals surface area contributed by atoms with Crippen LogP contribution >= 0.6 is 23.1 Å². The van der Waals surface area contributed by atoms with E-state index in [2.05, 4.69) is 15.5 Å². The van der Waals surface area contributed by atoms with Gasteiger partial charge >= 0.3 is 5.69 Å². The van der Waals surface area contributed by atoms with Gasteiger partial charge in [-0.3, -0.25) is 14.2 Å². The third-order valence-corrected chi connectivity index (χ3v) is 6.52. The molecule has 0 saturated carbocycles. The minimum absolute atomic E-state index is 0.254. The van der Waals surface area contributed by atoms with Gasteiger partial charge < -0.3 is 11.1 Å². The standard InChI is InChI=1S/C16H21N5O3S2/c1-3-7-21-15(24)19-20-16(21)25-8(2)13(23)18-14-11(12(17)22)9-5-4-6-10(9)26-14/h8H,3-7H2,1-2H3,(H2,17,22)(H,18,23)(H,19,24)/t8-/m0/s1. The van der Waals surface area contributed by atoms with Crippen LogP contribution in [0.5, 0.6) is 0 Å². The summed E-state index contributed by atoms with van der Waals surface area (Å²) in [6.07, 6.45) is 3.53. The van der Waals surface area contributed by atoms with Gasteiger partial charge in [-0.1, -0.05) is 18.7 Å². The second-order valence-electron chi connectivity index (χ2n) is 6.14. The number of nitrogens with zero attached hydrogens (tertiary/aromatic N) is 2. The first kappa shape index (κ1) is 18.7. The fourth-order valence-electron chi connectivity index (χ4n) is 2.99. The Labute approximate surface area is 158 Å². The molecule has 0 fully saturated rings. The zero-order valence-corrected chi connectivity index (χ0v) is 16.3. The number of fused-ring (bicyclic) bond motifs is 1. The maximum Gasteiger partial charge on any atom is 0.343 e. The van der Waals surface area contributed by atoms with Crippen LogP contribution in [0.15, 0.2) is 9.95 Å². The highest BCUT2D eigenvalue weighted by Gasteiger charge is 2.27. The molecule has 1 aliphatic carbocycles. The first-order chi connectivity index (χ1) is 12.4. The van der Waals surface area contributed by atoms with Crippen LogP contribution in [-0.4, -0.2) is 31.8 Å². The van der Waals surface area contributed by atoms with Crippen LogP contribution in [0.2, 0.25) is 0 Å². The summed E-state index contributed by atoms with van der Waals surface area (Å²) >= 11 is 2.63. The zero-order valence-electron chi connectivity index (χ0n) is 14.6. The number of hydrogen-bond donors (Lipinski definition) is 3. The summed E-state index contributed by atoms with van der Waals surface area (Å²) in [5.41, 5.74) is 6.65. The molecule has 0 radical (unpaired) electrons. The smallest absolute Gasteiger partial charge is 0.343 e. The molecule has 26 heavy (non-hydrogen) atoms. The minimum Gasteiger partial charge on any atom is -0.365 e. The number of thiophene rings is 1. The second kappa shape index (κ2) is 7.67. The summed E-state index contributed by atoms with van der Waals surface area (Å²) in [5.74, 6) is -0.764. The van der Waals surface area contributed by atoms with Gasteiger partial charge in [-0.2, -0.15) is 0 Å². The normalized spacial score (nSPS) is 14.2. The number of hydrogen-bond acceptors (Lipinski definition) is 6. The molecule has 2 aromatic heterocycles. The lowest BCUT2D eigenvalue weighted by atomic mass is 10.1. The van der Waals surface area contributed by atoms with Gasteiger partial charge in [0.1, 0.15) is 5.00 Å².